The molecule has 1 fully saturated rings. The second-order valence-electron chi connectivity index (χ2n) is 4.43. The minimum absolute atomic E-state index is 0.143. The summed E-state index contributed by atoms with van der Waals surface area (Å²) in [4.78, 5) is 12.1. The fraction of sp³-hybridized carbons (Fsp3) is 0.545. The van der Waals surface area contributed by atoms with Crippen LogP contribution in [0.2, 0.25) is 0 Å². The number of hydrogen-bond donors (Lipinski definition) is 2. The van der Waals surface area contributed by atoms with Crippen LogP contribution in [0.25, 0.3) is 0 Å². The van der Waals surface area contributed by atoms with Crippen LogP contribution in [0, 0.1) is 5.92 Å². The third kappa shape index (κ3) is 1.28. The van der Waals surface area contributed by atoms with Crippen molar-refractivity contribution >= 4 is 5.91 Å². The van der Waals surface area contributed by atoms with E-state index in [4.69, 9.17) is 4.74 Å². The molecule has 1 aromatic heterocycles. The van der Waals surface area contributed by atoms with Gasteiger partial charge >= 0.3 is 0 Å². The lowest BCUT2D eigenvalue weighted by molar-refractivity contribution is -0.0629. The fourth-order valence-electron chi connectivity index (χ4n) is 2.59. The van der Waals surface area contributed by atoms with Crippen LogP contribution in [0.15, 0.2) is 18.3 Å². The number of rotatable bonds is 0. The first-order chi connectivity index (χ1) is 7.66. The molecule has 1 aromatic rings. The van der Waals surface area contributed by atoms with Gasteiger partial charge in [-0.2, -0.15) is 0 Å². The minimum atomic E-state index is -0.822. The van der Waals surface area contributed by atoms with Gasteiger partial charge in [0.1, 0.15) is 12.0 Å². The van der Waals surface area contributed by atoms with Crippen LogP contribution in [-0.4, -0.2) is 39.0 Å². The van der Waals surface area contributed by atoms with Gasteiger partial charge in [0.15, 0.2) is 0 Å². The van der Waals surface area contributed by atoms with E-state index in [0.717, 1.165) is 0 Å². The fourth-order valence-corrected chi connectivity index (χ4v) is 2.59. The molecule has 2 aliphatic rings. The normalized spacial score (nSPS) is 37.5. The summed E-state index contributed by atoms with van der Waals surface area (Å²) in [6.45, 7) is 0. The Morgan fingerprint density at radius 1 is 1.38 bits per heavy atom. The van der Waals surface area contributed by atoms with Gasteiger partial charge in [-0.25, -0.2) is 0 Å². The molecular weight excluding hydrogens is 210 g/mol. The van der Waals surface area contributed by atoms with Crippen molar-refractivity contribution in [1.29, 1.82) is 0 Å². The number of ether oxygens (including phenoxy) is 1. The molecule has 1 aliphatic carbocycles. The van der Waals surface area contributed by atoms with Crippen molar-refractivity contribution in [3.63, 3.8) is 0 Å². The van der Waals surface area contributed by atoms with Gasteiger partial charge in [-0.1, -0.05) is 0 Å². The van der Waals surface area contributed by atoms with Crippen LogP contribution in [0.4, 0.5) is 0 Å². The third-order valence-corrected chi connectivity index (χ3v) is 3.34. The van der Waals surface area contributed by atoms with Gasteiger partial charge in [0.25, 0.3) is 0 Å². The number of carbonyl (C=O) groups excluding carboxylic acids is 1. The molecule has 0 saturated heterocycles. The van der Waals surface area contributed by atoms with E-state index >= 15 is 0 Å². The van der Waals surface area contributed by atoms with Crippen molar-refractivity contribution in [3.05, 3.63) is 18.3 Å². The average molecular weight is 223 g/mol. The van der Waals surface area contributed by atoms with Crippen molar-refractivity contribution in [2.24, 2.45) is 5.92 Å². The SMILES string of the molecule is O=C1C2C(O)CC(O)CC2Oc2cccn21. The zero-order chi connectivity index (χ0) is 11.3. The molecule has 1 aliphatic heterocycles. The Morgan fingerprint density at radius 2 is 2.19 bits per heavy atom. The Kier molecular flexibility index (Phi) is 2.05. The first kappa shape index (κ1) is 9.86. The van der Waals surface area contributed by atoms with E-state index < -0.39 is 24.2 Å². The highest BCUT2D eigenvalue weighted by molar-refractivity contribution is 5.85. The molecule has 0 bridgehead atoms. The Morgan fingerprint density at radius 3 is 3.00 bits per heavy atom. The maximum absolute atomic E-state index is 12.1. The van der Waals surface area contributed by atoms with Crippen molar-refractivity contribution in [2.45, 2.75) is 31.2 Å². The zero-order valence-electron chi connectivity index (χ0n) is 8.61. The van der Waals surface area contributed by atoms with Crippen molar-refractivity contribution in [1.82, 2.24) is 4.57 Å². The molecule has 3 rings (SSSR count). The van der Waals surface area contributed by atoms with Crippen LogP contribution in [0.3, 0.4) is 0 Å². The Balaban J connectivity index is 1.99. The molecule has 4 unspecified atom stereocenters. The largest absolute Gasteiger partial charge is 0.474 e. The summed E-state index contributed by atoms with van der Waals surface area (Å²) < 4.78 is 7.03. The lowest BCUT2D eigenvalue weighted by Crippen LogP contribution is -2.52. The quantitative estimate of drug-likeness (QED) is 0.650. The average Bonchev–Trinajstić information content (AvgIpc) is 2.64. The summed E-state index contributed by atoms with van der Waals surface area (Å²) >= 11 is 0. The molecule has 0 radical (unpaired) electrons. The van der Waals surface area contributed by atoms with Crippen molar-refractivity contribution in [3.8, 4) is 5.88 Å². The van der Waals surface area contributed by atoms with Gasteiger partial charge in [0, 0.05) is 25.1 Å². The van der Waals surface area contributed by atoms with Crippen molar-refractivity contribution in [2.75, 3.05) is 0 Å². The Labute approximate surface area is 92.3 Å². The van der Waals surface area contributed by atoms with Crippen LogP contribution < -0.4 is 4.74 Å². The molecule has 0 aromatic carbocycles. The molecule has 1 saturated carbocycles. The predicted molar refractivity (Wildman–Crippen MR) is 54.2 cm³/mol. The van der Waals surface area contributed by atoms with E-state index in [9.17, 15) is 15.0 Å². The first-order valence-electron chi connectivity index (χ1n) is 5.41. The van der Waals surface area contributed by atoms with Gasteiger partial charge in [-0.05, 0) is 6.07 Å². The number of nitrogens with zero attached hydrogens (tertiary/aromatic N) is 1. The monoisotopic (exact) mass is 223 g/mol. The lowest BCUT2D eigenvalue weighted by atomic mass is 9.81. The molecule has 2 N–H and O–H groups in total. The molecule has 5 heteroatoms. The van der Waals surface area contributed by atoms with Gasteiger partial charge < -0.3 is 14.9 Å². The van der Waals surface area contributed by atoms with E-state index in [1.807, 2.05) is 0 Å². The molecule has 4 atom stereocenters. The highest BCUT2D eigenvalue weighted by Gasteiger charge is 2.46. The Bertz CT molecular complexity index is 427. The summed E-state index contributed by atoms with van der Waals surface area (Å²) in [5.74, 6) is -0.202. The number of aliphatic hydroxyl groups is 2. The van der Waals surface area contributed by atoms with Gasteiger partial charge in [-0.3, -0.25) is 9.36 Å². The number of fused-ring (bicyclic) bond motifs is 2. The van der Waals surface area contributed by atoms with E-state index in [0.29, 0.717) is 12.3 Å². The van der Waals surface area contributed by atoms with Crippen LogP contribution >= 0.6 is 0 Å². The van der Waals surface area contributed by atoms with E-state index in [1.165, 1.54) is 4.57 Å². The van der Waals surface area contributed by atoms with Crippen LogP contribution in [0.1, 0.15) is 17.6 Å². The zero-order valence-corrected chi connectivity index (χ0v) is 8.61. The van der Waals surface area contributed by atoms with Crippen LogP contribution in [-0.2, 0) is 0 Å². The highest BCUT2D eigenvalue weighted by atomic mass is 16.5. The van der Waals surface area contributed by atoms with Gasteiger partial charge in [0.2, 0.25) is 11.8 Å². The predicted octanol–water partition coefficient (Wildman–Crippen LogP) is 0.0211. The smallest absolute Gasteiger partial charge is 0.242 e. The second-order valence-corrected chi connectivity index (χ2v) is 4.43. The topological polar surface area (TPSA) is 71.7 Å². The Hall–Kier alpha value is -1.33. The second kappa shape index (κ2) is 3.33. The van der Waals surface area contributed by atoms with E-state index in [2.05, 4.69) is 0 Å². The van der Waals surface area contributed by atoms with E-state index in [-0.39, 0.29) is 12.3 Å². The summed E-state index contributed by atoms with van der Waals surface area (Å²) in [5.41, 5.74) is 0. The molecule has 86 valence electrons. The standard InChI is InChI=1S/C11H13NO4/c13-6-4-7(14)10-8(5-6)16-9-2-1-3-12(9)11(10)15/h1-3,6-8,10,13-14H,4-5H2. The van der Waals surface area contributed by atoms with Gasteiger partial charge in [0.05, 0.1) is 12.2 Å². The number of aromatic nitrogens is 1. The summed E-state index contributed by atoms with van der Waals surface area (Å²) in [7, 11) is 0. The molecule has 5 nitrogen and oxygen atoms in total. The van der Waals surface area contributed by atoms with Gasteiger partial charge in [-0.15, -0.1) is 0 Å². The molecule has 0 spiro atoms. The van der Waals surface area contributed by atoms with E-state index in [1.54, 1.807) is 18.3 Å². The maximum Gasteiger partial charge on any atom is 0.242 e. The summed E-state index contributed by atoms with van der Waals surface area (Å²) in [6.07, 6.45) is 0.452. The maximum atomic E-state index is 12.1. The molecule has 16 heavy (non-hydrogen) atoms. The number of hydrogen-bond acceptors (Lipinski definition) is 4. The number of aliphatic hydroxyl groups excluding tert-OH is 2. The number of carbonyl (C=O) groups is 1. The van der Waals surface area contributed by atoms with Crippen molar-refractivity contribution < 1.29 is 19.7 Å². The molecule has 2 heterocycles. The summed E-state index contributed by atoms with van der Waals surface area (Å²) in [6, 6.07) is 3.44. The lowest BCUT2D eigenvalue weighted by Gasteiger charge is -2.39. The highest BCUT2D eigenvalue weighted by Crippen LogP contribution is 2.35. The summed E-state index contributed by atoms with van der Waals surface area (Å²) in [5, 5.41) is 19.4. The third-order valence-electron chi connectivity index (χ3n) is 3.34. The molecule has 0 amide bonds. The molecular formula is C11H13NO4. The minimum Gasteiger partial charge on any atom is -0.474 e. The first-order valence-corrected chi connectivity index (χ1v) is 5.41. The van der Waals surface area contributed by atoms with Crippen LogP contribution in [0.5, 0.6) is 5.88 Å².